The molecule has 118 valence electrons. The van der Waals surface area contributed by atoms with E-state index < -0.39 is 5.97 Å². The highest BCUT2D eigenvalue weighted by molar-refractivity contribution is 9.10. The largest absolute Gasteiger partial charge is 0.481 e. The molecule has 1 heterocycles. The maximum Gasteiger partial charge on any atom is 0.317 e. The van der Waals surface area contributed by atoms with Crippen LogP contribution in [0.2, 0.25) is 0 Å². The second kappa shape index (κ2) is 6.28. The number of nitrogens with zero attached hydrogens (tertiary/aromatic N) is 1. The van der Waals surface area contributed by atoms with Crippen molar-refractivity contribution in [3.05, 3.63) is 34.3 Å². The number of rotatable bonds is 3. The van der Waals surface area contributed by atoms with Crippen LogP contribution in [0.3, 0.4) is 0 Å². The summed E-state index contributed by atoms with van der Waals surface area (Å²) in [4.78, 5) is 24.9. The molecule has 1 aliphatic carbocycles. The van der Waals surface area contributed by atoms with Crippen LogP contribution in [0.5, 0.6) is 0 Å². The number of urea groups is 1. The summed E-state index contributed by atoms with van der Waals surface area (Å²) in [5.74, 6) is -0.661. The van der Waals surface area contributed by atoms with E-state index in [1.807, 2.05) is 12.1 Å². The van der Waals surface area contributed by atoms with Crippen molar-refractivity contribution in [3.63, 3.8) is 0 Å². The minimum Gasteiger partial charge on any atom is -0.481 e. The second-order valence-corrected chi connectivity index (χ2v) is 6.96. The third-order valence-corrected chi connectivity index (χ3v) is 5.06. The van der Waals surface area contributed by atoms with Crippen LogP contribution in [-0.2, 0) is 4.79 Å². The lowest BCUT2D eigenvalue weighted by Crippen LogP contribution is -2.46. The Balaban J connectivity index is 1.48. The van der Waals surface area contributed by atoms with Gasteiger partial charge in [-0.15, -0.1) is 0 Å². The number of piperidine rings is 1. The third-order valence-electron chi connectivity index (χ3n) is 4.53. The molecule has 0 aromatic heterocycles. The molecule has 2 aliphatic rings. The van der Waals surface area contributed by atoms with E-state index in [2.05, 4.69) is 33.4 Å². The van der Waals surface area contributed by atoms with Crippen molar-refractivity contribution < 1.29 is 14.7 Å². The predicted octanol–water partition coefficient (Wildman–Crippen LogP) is 2.81. The van der Waals surface area contributed by atoms with Crippen LogP contribution in [-0.4, -0.2) is 41.1 Å². The Kier molecular flexibility index (Phi) is 4.38. The maximum atomic E-state index is 12.2. The zero-order valence-electron chi connectivity index (χ0n) is 12.2. The Labute approximate surface area is 137 Å². The molecule has 6 heteroatoms. The Bertz CT molecular complexity index is 567. The van der Waals surface area contributed by atoms with Gasteiger partial charge in [-0.1, -0.05) is 28.1 Å². The minimum atomic E-state index is -0.752. The first kappa shape index (κ1) is 15.3. The molecule has 2 amide bonds. The van der Waals surface area contributed by atoms with Gasteiger partial charge >= 0.3 is 12.0 Å². The van der Waals surface area contributed by atoms with Gasteiger partial charge in [0, 0.05) is 29.5 Å². The second-order valence-electron chi connectivity index (χ2n) is 6.05. The van der Waals surface area contributed by atoms with Gasteiger partial charge in [0.05, 0.1) is 5.92 Å². The van der Waals surface area contributed by atoms with Crippen molar-refractivity contribution in [3.8, 4) is 0 Å². The number of hydrogen-bond acceptors (Lipinski definition) is 2. The van der Waals surface area contributed by atoms with Crippen molar-refractivity contribution in [2.24, 2.45) is 5.92 Å². The quantitative estimate of drug-likeness (QED) is 0.863. The van der Waals surface area contributed by atoms with Crippen molar-refractivity contribution in [2.75, 3.05) is 13.1 Å². The predicted molar refractivity (Wildman–Crippen MR) is 85.8 cm³/mol. The van der Waals surface area contributed by atoms with E-state index >= 15 is 0 Å². The maximum absolute atomic E-state index is 12.2. The summed E-state index contributed by atoms with van der Waals surface area (Å²) >= 11 is 3.42. The lowest BCUT2D eigenvalue weighted by Gasteiger charge is -2.30. The van der Waals surface area contributed by atoms with E-state index in [9.17, 15) is 9.59 Å². The van der Waals surface area contributed by atoms with Crippen LogP contribution in [0.4, 0.5) is 4.79 Å². The van der Waals surface area contributed by atoms with Crippen LogP contribution in [0, 0.1) is 5.92 Å². The zero-order chi connectivity index (χ0) is 15.7. The van der Waals surface area contributed by atoms with Gasteiger partial charge in [0.25, 0.3) is 0 Å². The van der Waals surface area contributed by atoms with Gasteiger partial charge in [0.15, 0.2) is 0 Å². The SMILES string of the molecule is O=C(O)C1CCN(C(=O)N[C@@H]2C[C@H]2c2ccc(Br)cc2)CC1. The van der Waals surface area contributed by atoms with Gasteiger partial charge in [-0.3, -0.25) is 4.79 Å². The molecule has 2 atom stereocenters. The number of benzene rings is 1. The molecule has 1 aromatic carbocycles. The number of halogens is 1. The van der Waals surface area contributed by atoms with Crippen molar-refractivity contribution >= 4 is 27.9 Å². The lowest BCUT2D eigenvalue weighted by atomic mass is 9.97. The topological polar surface area (TPSA) is 69.6 Å². The highest BCUT2D eigenvalue weighted by Gasteiger charge is 2.40. The highest BCUT2D eigenvalue weighted by atomic mass is 79.9. The number of nitrogens with one attached hydrogen (secondary N) is 1. The molecule has 22 heavy (non-hydrogen) atoms. The summed E-state index contributed by atoms with van der Waals surface area (Å²) < 4.78 is 1.05. The molecule has 3 rings (SSSR count). The first-order valence-electron chi connectivity index (χ1n) is 7.58. The van der Waals surface area contributed by atoms with Crippen LogP contribution in [0.1, 0.15) is 30.7 Å². The fraction of sp³-hybridized carbons (Fsp3) is 0.500. The third kappa shape index (κ3) is 3.43. The Morgan fingerprint density at radius 2 is 1.82 bits per heavy atom. The number of hydrogen-bond donors (Lipinski definition) is 2. The van der Waals surface area contributed by atoms with Gasteiger partial charge in [-0.05, 0) is 37.0 Å². The molecule has 2 fully saturated rings. The van der Waals surface area contributed by atoms with Gasteiger partial charge in [-0.2, -0.15) is 0 Å². The van der Waals surface area contributed by atoms with Crippen LogP contribution in [0.15, 0.2) is 28.7 Å². The lowest BCUT2D eigenvalue weighted by molar-refractivity contribution is -0.143. The average Bonchev–Trinajstić information content (AvgIpc) is 3.27. The van der Waals surface area contributed by atoms with Gasteiger partial charge < -0.3 is 15.3 Å². The fourth-order valence-electron chi connectivity index (χ4n) is 3.01. The van der Waals surface area contributed by atoms with Gasteiger partial charge in [0.2, 0.25) is 0 Å². The minimum absolute atomic E-state index is 0.0616. The molecule has 0 unspecified atom stereocenters. The Morgan fingerprint density at radius 1 is 1.18 bits per heavy atom. The fourth-order valence-corrected chi connectivity index (χ4v) is 3.28. The summed E-state index contributed by atoms with van der Waals surface area (Å²) in [6, 6.07) is 8.34. The van der Waals surface area contributed by atoms with E-state index in [0.29, 0.717) is 31.8 Å². The Morgan fingerprint density at radius 3 is 2.41 bits per heavy atom. The van der Waals surface area contributed by atoms with Gasteiger partial charge in [0.1, 0.15) is 0 Å². The molecule has 1 aliphatic heterocycles. The van der Waals surface area contributed by atoms with Crippen molar-refractivity contribution in [1.29, 1.82) is 0 Å². The average molecular weight is 367 g/mol. The Hall–Kier alpha value is -1.56. The molecule has 1 saturated heterocycles. The van der Waals surface area contributed by atoms with Crippen LogP contribution < -0.4 is 5.32 Å². The van der Waals surface area contributed by atoms with Crippen LogP contribution in [0.25, 0.3) is 0 Å². The van der Waals surface area contributed by atoms with E-state index in [4.69, 9.17) is 5.11 Å². The number of carbonyl (C=O) groups is 2. The number of likely N-dealkylation sites (tertiary alicyclic amines) is 1. The van der Waals surface area contributed by atoms with E-state index in [1.165, 1.54) is 5.56 Å². The van der Waals surface area contributed by atoms with Crippen LogP contribution >= 0.6 is 15.9 Å². The molecule has 0 radical (unpaired) electrons. The molecule has 0 spiro atoms. The van der Waals surface area contributed by atoms with E-state index in [-0.39, 0.29) is 18.0 Å². The molecular weight excluding hydrogens is 348 g/mol. The van der Waals surface area contributed by atoms with Crippen molar-refractivity contribution in [2.45, 2.75) is 31.2 Å². The molecule has 5 nitrogen and oxygen atoms in total. The standard InChI is InChI=1S/C16H19BrN2O3/c17-12-3-1-10(2-4-12)13-9-14(13)18-16(22)19-7-5-11(6-8-19)15(20)21/h1-4,11,13-14H,5-9H2,(H,18,22)(H,20,21)/t13-,14+/m0/s1. The summed E-state index contributed by atoms with van der Waals surface area (Å²) in [6.45, 7) is 1.05. The molecule has 1 aromatic rings. The normalized spacial score (nSPS) is 24.9. The number of aliphatic carboxylic acids is 1. The molecule has 1 saturated carbocycles. The number of carboxylic acids is 1. The summed E-state index contributed by atoms with van der Waals surface area (Å²) in [5.41, 5.74) is 1.25. The highest BCUT2D eigenvalue weighted by Crippen LogP contribution is 2.41. The number of carboxylic acid groups (broad SMARTS) is 1. The number of amides is 2. The zero-order valence-corrected chi connectivity index (χ0v) is 13.8. The van der Waals surface area contributed by atoms with E-state index in [0.717, 1.165) is 10.9 Å². The first-order chi connectivity index (χ1) is 10.5. The number of carbonyl (C=O) groups excluding carboxylic acids is 1. The molecular formula is C16H19BrN2O3. The van der Waals surface area contributed by atoms with Crippen molar-refractivity contribution in [1.82, 2.24) is 10.2 Å². The smallest absolute Gasteiger partial charge is 0.317 e. The van der Waals surface area contributed by atoms with E-state index in [1.54, 1.807) is 4.90 Å². The van der Waals surface area contributed by atoms with Gasteiger partial charge in [-0.25, -0.2) is 4.79 Å². The summed E-state index contributed by atoms with van der Waals surface area (Å²) in [6.07, 6.45) is 2.06. The summed E-state index contributed by atoms with van der Waals surface area (Å²) in [7, 11) is 0. The summed E-state index contributed by atoms with van der Waals surface area (Å²) in [5, 5.41) is 12.0. The molecule has 2 N–H and O–H groups in total. The monoisotopic (exact) mass is 366 g/mol. The first-order valence-corrected chi connectivity index (χ1v) is 8.37. The molecule has 0 bridgehead atoms.